The van der Waals surface area contributed by atoms with Crippen molar-refractivity contribution in [2.24, 2.45) is 0 Å². The highest BCUT2D eigenvalue weighted by Gasteiger charge is 2.25. The molecule has 5 heteroatoms. The summed E-state index contributed by atoms with van der Waals surface area (Å²) in [5.41, 5.74) is 2.11. The molecule has 28 heavy (non-hydrogen) atoms. The molecule has 1 aliphatic rings. The molecule has 1 atom stereocenters. The Morgan fingerprint density at radius 2 is 1.79 bits per heavy atom. The number of rotatable bonds is 4. The molecule has 1 saturated heterocycles. The van der Waals surface area contributed by atoms with Crippen LogP contribution in [0.15, 0.2) is 65.1 Å². The van der Waals surface area contributed by atoms with Gasteiger partial charge in [0.1, 0.15) is 11.3 Å². The lowest BCUT2D eigenvalue weighted by Crippen LogP contribution is -2.48. The van der Waals surface area contributed by atoms with E-state index in [0.29, 0.717) is 0 Å². The van der Waals surface area contributed by atoms with Gasteiger partial charge >= 0.3 is 6.03 Å². The molecule has 0 spiro atoms. The number of fused-ring (bicyclic) bond motifs is 1. The van der Waals surface area contributed by atoms with Crippen LogP contribution in [-0.2, 0) is 0 Å². The van der Waals surface area contributed by atoms with Crippen LogP contribution < -0.4 is 10.2 Å². The predicted octanol–water partition coefficient (Wildman–Crippen LogP) is 4.80. The number of furan rings is 1. The average molecular weight is 377 g/mol. The summed E-state index contributed by atoms with van der Waals surface area (Å²) in [6.07, 6.45) is 1.90. The Balaban J connectivity index is 1.33. The Bertz CT molecular complexity index is 896. The molecular formula is C23H27N3O2. The molecule has 1 aromatic heterocycles. The molecule has 0 radical (unpaired) electrons. The Morgan fingerprint density at radius 3 is 2.50 bits per heavy atom. The monoisotopic (exact) mass is 377 g/mol. The molecule has 1 fully saturated rings. The molecular weight excluding hydrogens is 350 g/mol. The summed E-state index contributed by atoms with van der Waals surface area (Å²) in [6.45, 7) is 3.91. The lowest BCUT2D eigenvalue weighted by Gasteiger charge is -2.35. The van der Waals surface area contributed by atoms with Crippen molar-refractivity contribution in [2.75, 3.05) is 25.0 Å². The highest BCUT2D eigenvalue weighted by Crippen LogP contribution is 2.27. The highest BCUT2D eigenvalue weighted by molar-refractivity contribution is 5.78. The number of hydrogen-bond acceptors (Lipinski definition) is 3. The lowest BCUT2D eigenvalue weighted by molar-refractivity contribution is 0.182. The van der Waals surface area contributed by atoms with E-state index < -0.39 is 0 Å². The molecule has 1 aliphatic heterocycles. The van der Waals surface area contributed by atoms with Gasteiger partial charge in [0.2, 0.25) is 0 Å². The molecule has 3 aromatic rings. The second-order valence-electron chi connectivity index (χ2n) is 7.52. The van der Waals surface area contributed by atoms with Crippen molar-refractivity contribution in [3.8, 4) is 0 Å². The Morgan fingerprint density at radius 1 is 1.11 bits per heavy atom. The molecule has 2 heterocycles. The minimum absolute atomic E-state index is 0.0499. The van der Waals surface area contributed by atoms with Crippen molar-refractivity contribution in [2.45, 2.75) is 31.8 Å². The highest BCUT2D eigenvalue weighted by atomic mass is 16.3. The molecule has 0 bridgehead atoms. The van der Waals surface area contributed by atoms with Crippen LogP contribution in [0.5, 0.6) is 0 Å². The van der Waals surface area contributed by atoms with E-state index in [0.717, 1.165) is 42.7 Å². The van der Waals surface area contributed by atoms with E-state index in [1.807, 2.05) is 50.4 Å². The van der Waals surface area contributed by atoms with Crippen LogP contribution in [0, 0.1) is 0 Å². The molecule has 146 valence electrons. The number of piperidine rings is 1. The molecule has 4 rings (SSSR count). The van der Waals surface area contributed by atoms with E-state index in [2.05, 4.69) is 34.5 Å². The number of amides is 2. The van der Waals surface area contributed by atoms with Crippen molar-refractivity contribution in [3.63, 3.8) is 0 Å². The van der Waals surface area contributed by atoms with Gasteiger partial charge in [0.15, 0.2) is 0 Å². The third-order valence-electron chi connectivity index (χ3n) is 5.70. The van der Waals surface area contributed by atoms with Crippen LogP contribution in [-0.4, -0.2) is 37.1 Å². The van der Waals surface area contributed by atoms with Crippen LogP contribution in [0.25, 0.3) is 11.0 Å². The number of para-hydroxylation sites is 2. The Hall–Kier alpha value is -2.95. The van der Waals surface area contributed by atoms with Gasteiger partial charge in [0.05, 0.1) is 6.04 Å². The molecule has 2 amide bonds. The molecule has 1 N–H and O–H groups in total. The lowest BCUT2D eigenvalue weighted by atomic mass is 10.0. The number of benzene rings is 2. The fourth-order valence-corrected chi connectivity index (χ4v) is 3.77. The van der Waals surface area contributed by atoms with Crippen molar-refractivity contribution >= 4 is 22.7 Å². The summed E-state index contributed by atoms with van der Waals surface area (Å²) in [5.74, 6) is 0.803. The predicted molar refractivity (Wildman–Crippen MR) is 113 cm³/mol. The van der Waals surface area contributed by atoms with Crippen molar-refractivity contribution in [1.82, 2.24) is 10.2 Å². The van der Waals surface area contributed by atoms with Gasteiger partial charge < -0.3 is 19.5 Å². The maximum atomic E-state index is 12.8. The zero-order valence-electron chi connectivity index (χ0n) is 16.5. The second-order valence-corrected chi connectivity index (χ2v) is 7.52. The van der Waals surface area contributed by atoms with Gasteiger partial charge in [-0.3, -0.25) is 0 Å². The molecule has 0 saturated carbocycles. The van der Waals surface area contributed by atoms with E-state index in [1.165, 1.54) is 5.69 Å². The molecule has 0 aliphatic carbocycles. The number of urea groups is 1. The summed E-state index contributed by atoms with van der Waals surface area (Å²) in [6, 6.07) is 20.4. The van der Waals surface area contributed by atoms with Crippen molar-refractivity contribution in [3.05, 3.63) is 66.4 Å². The van der Waals surface area contributed by atoms with Gasteiger partial charge in [-0.1, -0.05) is 36.4 Å². The minimum atomic E-state index is -0.128. The summed E-state index contributed by atoms with van der Waals surface area (Å²) < 4.78 is 5.93. The van der Waals surface area contributed by atoms with Crippen LogP contribution in [0.2, 0.25) is 0 Å². The van der Waals surface area contributed by atoms with Crippen LogP contribution in [0.1, 0.15) is 31.6 Å². The first-order valence-corrected chi connectivity index (χ1v) is 9.93. The smallest absolute Gasteiger partial charge is 0.317 e. The summed E-state index contributed by atoms with van der Waals surface area (Å²) in [4.78, 5) is 16.9. The SMILES string of the molecule is CC(c1cc2ccccc2o1)N(C)C(=O)NC1CCN(c2ccccc2)CC1. The second kappa shape index (κ2) is 7.97. The average Bonchev–Trinajstić information content (AvgIpc) is 3.18. The number of carbonyl (C=O) groups is 1. The van der Waals surface area contributed by atoms with E-state index in [1.54, 1.807) is 4.90 Å². The van der Waals surface area contributed by atoms with Crippen molar-refractivity contribution < 1.29 is 9.21 Å². The summed E-state index contributed by atoms with van der Waals surface area (Å²) >= 11 is 0. The van der Waals surface area contributed by atoms with Crippen LogP contribution in [0.4, 0.5) is 10.5 Å². The van der Waals surface area contributed by atoms with Gasteiger partial charge in [0, 0.05) is 37.3 Å². The number of carbonyl (C=O) groups excluding carboxylic acids is 1. The summed E-state index contributed by atoms with van der Waals surface area (Å²) in [7, 11) is 1.83. The molecule has 2 aromatic carbocycles. The Kier molecular flexibility index (Phi) is 5.24. The van der Waals surface area contributed by atoms with Crippen molar-refractivity contribution in [1.29, 1.82) is 0 Å². The number of nitrogens with zero attached hydrogens (tertiary/aromatic N) is 2. The number of anilines is 1. The maximum Gasteiger partial charge on any atom is 0.317 e. The zero-order chi connectivity index (χ0) is 19.5. The standard InChI is InChI=1S/C23H27N3O2/c1-17(22-16-18-8-6-7-11-21(18)28-22)25(2)23(27)24-19-12-14-26(15-13-19)20-9-4-3-5-10-20/h3-11,16-17,19H,12-15H2,1-2H3,(H,24,27). The topological polar surface area (TPSA) is 48.7 Å². The largest absolute Gasteiger partial charge is 0.459 e. The third kappa shape index (κ3) is 3.84. The Labute approximate surface area is 165 Å². The first-order chi connectivity index (χ1) is 13.6. The fourth-order valence-electron chi connectivity index (χ4n) is 3.77. The van der Waals surface area contributed by atoms with Gasteiger partial charge in [-0.05, 0) is 44.0 Å². The van der Waals surface area contributed by atoms with Gasteiger partial charge in [0.25, 0.3) is 0 Å². The number of nitrogens with one attached hydrogen (secondary N) is 1. The summed E-state index contributed by atoms with van der Waals surface area (Å²) in [5, 5.41) is 4.26. The molecule has 1 unspecified atom stereocenters. The van der Waals surface area contributed by atoms with Crippen LogP contribution in [0.3, 0.4) is 0 Å². The molecule has 5 nitrogen and oxygen atoms in total. The van der Waals surface area contributed by atoms with E-state index in [9.17, 15) is 4.79 Å². The first-order valence-electron chi connectivity index (χ1n) is 9.93. The van der Waals surface area contributed by atoms with E-state index in [4.69, 9.17) is 4.42 Å². The maximum absolute atomic E-state index is 12.8. The number of hydrogen-bond donors (Lipinski definition) is 1. The first kappa shape index (κ1) is 18.4. The quantitative estimate of drug-likeness (QED) is 0.710. The van der Waals surface area contributed by atoms with Gasteiger partial charge in [-0.25, -0.2) is 4.79 Å². The third-order valence-corrected chi connectivity index (χ3v) is 5.70. The van der Waals surface area contributed by atoms with Gasteiger partial charge in [-0.2, -0.15) is 0 Å². The van der Waals surface area contributed by atoms with Gasteiger partial charge in [-0.15, -0.1) is 0 Å². The van der Waals surface area contributed by atoms with E-state index >= 15 is 0 Å². The fraction of sp³-hybridized carbons (Fsp3) is 0.348. The normalized spacial score (nSPS) is 16.1. The zero-order valence-corrected chi connectivity index (χ0v) is 16.5. The van der Waals surface area contributed by atoms with E-state index in [-0.39, 0.29) is 18.1 Å². The minimum Gasteiger partial charge on any atom is -0.459 e. The van der Waals surface area contributed by atoms with Crippen LogP contribution >= 0.6 is 0 Å².